The first-order chi connectivity index (χ1) is 8.93. The zero-order chi connectivity index (χ0) is 14.0. The maximum atomic E-state index is 11.9. The van der Waals surface area contributed by atoms with Crippen LogP contribution >= 0.6 is 35.0 Å². The van der Waals surface area contributed by atoms with Crippen LogP contribution in [0.3, 0.4) is 0 Å². The van der Waals surface area contributed by atoms with Crippen molar-refractivity contribution in [2.75, 3.05) is 29.2 Å². The van der Waals surface area contributed by atoms with Crippen molar-refractivity contribution in [3.63, 3.8) is 0 Å². The van der Waals surface area contributed by atoms with Gasteiger partial charge in [-0.15, -0.1) is 11.6 Å². The van der Waals surface area contributed by atoms with Crippen molar-refractivity contribution in [1.29, 1.82) is 0 Å². The molecule has 3 nitrogen and oxygen atoms in total. The van der Waals surface area contributed by atoms with E-state index in [9.17, 15) is 8.42 Å². The molecule has 0 amide bonds. The Labute approximate surface area is 128 Å². The molecule has 1 atom stereocenters. The second kappa shape index (κ2) is 6.12. The van der Waals surface area contributed by atoms with Gasteiger partial charge in [-0.2, -0.15) is 11.8 Å². The molecular weight excluding hydrogens is 325 g/mol. The summed E-state index contributed by atoms with van der Waals surface area (Å²) in [5.41, 5.74) is 1.74. The highest BCUT2D eigenvalue weighted by atomic mass is 35.5. The molecule has 0 aliphatic carbocycles. The van der Waals surface area contributed by atoms with Crippen LogP contribution in [0.2, 0.25) is 5.02 Å². The minimum absolute atomic E-state index is 0.315. The minimum Gasteiger partial charge on any atom is -0.353 e. The molecule has 0 spiro atoms. The number of hydrogen-bond acceptors (Lipinski definition) is 4. The van der Waals surface area contributed by atoms with Crippen molar-refractivity contribution >= 4 is 50.5 Å². The lowest BCUT2D eigenvalue weighted by Crippen LogP contribution is -2.47. The molecule has 106 valence electrons. The molecule has 2 rings (SSSR count). The molecule has 1 saturated heterocycles. The summed E-state index contributed by atoms with van der Waals surface area (Å²) in [6, 6.07) is 5.42. The maximum absolute atomic E-state index is 11.9. The van der Waals surface area contributed by atoms with E-state index in [1.165, 1.54) is 6.26 Å². The molecule has 0 bridgehead atoms. The van der Waals surface area contributed by atoms with E-state index < -0.39 is 15.2 Å². The lowest BCUT2D eigenvalue weighted by Gasteiger charge is -2.37. The van der Waals surface area contributed by atoms with Gasteiger partial charge in [-0.05, 0) is 23.8 Å². The molecule has 1 aliphatic rings. The van der Waals surface area contributed by atoms with Crippen LogP contribution < -0.4 is 4.90 Å². The summed E-state index contributed by atoms with van der Waals surface area (Å²) in [4.78, 5) is 1.93. The fourth-order valence-electron chi connectivity index (χ4n) is 2.15. The second-order valence-corrected chi connectivity index (χ2v) is 8.52. The van der Waals surface area contributed by atoms with Crippen molar-refractivity contribution in [3.05, 3.63) is 28.8 Å². The van der Waals surface area contributed by atoms with Crippen molar-refractivity contribution in [2.24, 2.45) is 0 Å². The molecule has 0 saturated carbocycles. The van der Waals surface area contributed by atoms with Gasteiger partial charge in [0.1, 0.15) is 5.37 Å². The fourth-order valence-corrected chi connectivity index (χ4v) is 5.39. The van der Waals surface area contributed by atoms with Crippen LogP contribution in [0.25, 0.3) is 0 Å². The van der Waals surface area contributed by atoms with Crippen molar-refractivity contribution in [1.82, 2.24) is 0 Å². The third-order valence-corrected chi connectivity index (χ3v) is 6.24. The van der Waals surface area contributed by atoms with Crippen LogP contribution in [0.1, 0.15) is 5.56 Å². The lowest BCUT2D eigenvalue weighted by molar-refractivity contribution is 0.584. The Morgan fingerprint density at radius 1 is 1.47 bits per heavy atom. The van der Waals surface area contributed by atoms with Crippen molar-refractivity contribution in [2.45, 2.75) is 11.3 Å². The van der Waals surface area contributed by atoms with Gasteiger partial charge in [0.2, 0.25) is 0 Å². The highest BCUT2D eigenvalue weighted by molar-refractivity contribution is 8.01. The number of hydrogen-bond donors (Lipinski definition) is 0. The molecule has 1 aromatic carbocycles. The number of benzene rings is 1. The molecule has 0 aromatic heterocycles. The summed E-state index contributed by atoms with van der Waals surface area (Å²) in [5.74, 6) is 1.82. The van der Waals surface area contributed by atoms with Gasteiger partial charge in [0.05, 0.1) is 0 Å². The second-order valence-electron chi connectivity index (χ2n) is 4.46. The molecule has 1 aliphatic heterocycles. The zero-order valence-electron chi connectivity index (χ0n) is 10.5. The highest BCUT2D eigenvalue weighted by Crippen LogP contribution is 2.31. The van der Waals surface area contributed by atoms with E-state index in [-0.39, 0.29) is 0 Å². The predicted octanol–water partition coefficient (Wildman–Crippen LogP) is 3.00. The maximum Gasteiger partial charge on any atom is 0.169 e. The number of anilines is 1. The van der Waals surface area contributed by atoms with E-state index in [0.29, 0.717) is 23.2 Å². The van der Waals surface area contributed by atoms with Gasteiger partial charge in [-0.25, -0.2) is 8.42 Å². The number of thioether (sulfide) groups is 1. The summed E-state index contributed by atoms with van der Waals surface area (Å²) < 4.78 is 23.8. The molecule has 0 N–H and O–H groups in total. The van der Waals surface area contributed by atoms with Gasteiger partial charge in [0.15, 0.2) is 9.84 Å². The van der Waals surface area contributed by atoms with Gasteiger partial charge >= 0.3 is 0 Å². The molecule has 7 heteroatoms. The Kier molecular flexibility index (Phi) is 4.93. The van der Waals surface area contributed by atoms with Crippen molar-refractivity contribution in [3.8, 4) is 0 Å². The van der Waals surface area contributed by atoms with Crippen molar-refractivity contribution < 1.29 is 8.42 Å². The SMILES string of the molecule is CS(=O)(=O)C1CSCCN1c1ccc(Cl)cc1CCl. The third-order valence-electron chi connectivity index (χ3n) is 3.07. The van der Waals surface area contributed by atoms with Crippen LogP contribution in [-0.4, -0.2) is 38.1 Å². The van der Waals surface area contributed by atoms with E-state index in [0.717, 1.165) is 17.0 Å². The van der Waals surface area contributed by atoms with Gasteiger partial charge in [-0.1, -0.05) is 11.6 Å². The number of alkyl halides is 1. The Morgan fingerprint density at radius 3 is 2.84 bits per heavy atom. The molecule has 1 heterocycles. The quantitative estimate of drug-likeness (QED) is 0.793. The predicted molar refractivity (Wildman–Crippen MR) is 84.3 cm³/mol. The number of rotatable bonds is 3. The first-order valence-electron chi connectivity index (χ1n) is 5.81. The lowest BCUT2D eigenvalue weighted by atomic mass is 10.2. The summed E-state index contributed by atoms with van der Waals surface area (Å²) in [6.07, 6.45) is 1.28. The fraction of sp³-hybridized carbons (Fsp3) is 0.500. The van der Waals surface area contributed by atoms with Gasteiger partial charge in [-0.3, -0.25) is 0 Å². The normalized spacial score (nSPS) is 20.6. The molecule has 1 fully saturated rings. The summed E-state index contributed by atoms with van der Waals surface area (Å²) in [5, 5.41) is 0.121. The molecule has 0 radical (unpaired) electrons. The summed E-state index contributed by atoms with van der Waals surface area (Å²) in [6.45, 7) is 0.702. The first kappa shape index (κ1) is 15.3. The van der Waals surface area contributed by atoms with Gasteiger partial charge in [0, 0.05) is 40.9 Å². The highest BCUT2D eigenvalue weighted by Gasteiger charge is 2.32. The van der Waals surface area contributed by atoms with E-state index in [1.54, 1.807) is 23.9 Å². The Balaban J connectivity index is 2.43. The van der Waals surface area contributed by atoms with Crippen LogP contribution in [-0.2, 0) is 15.7 Å². The average Bonchev–Trinajstić information content (AvgIpc) is 2.37. The largest absolute Gasteiger partial charge is 0.353 e. The number of halogens is 2. The minimum atomic E-state index is -3.13. The van der Waals surface area contributed by atoms with E-state index >= 15 is 0 Å². The molecule has 1 unspecified atom stereocenters. The van der Waals surface area contributed by atoms with E-state index in [1.807, 2.05) is 11.0 Å². The smallest absolute Gasteiger partial charge is 0.169 e. The van der Waals surface area contributed by atoms with E-state index in [4.69, 9.17) is 23.2 Å². The topological polar surface area (TPSA) is 37.4 Å². The van der Waals surface area contributed by atoms with Crippen LogP contribution in [0.15, 0.2) is 18.2 Å². The van der Waals surface area contributed by atoms with Gasteiger partial charge < -0.3 is 4.90 Å². The number of sulfone groups is 1. The zero-order valence-corrected chi connectivity index (χ0v) is 13.6. The Morgan fingerprint density at radius 2 is 2.21 bits per heavy atom. The Hall–Kier alpha value is -0.100. The van der Waals surface area contributed by atoms with Crippen LogP contribution in [0.5, 0.6) is 0 Å². The van der Waals surface area contributed by atoms with Crippen LogP contribution in [0.4, 0.5) is 5.69 Å². The van der Waals surface area contributed by atoms with E-state index in [2.05, 4.69) is 0 Å². The van der Waals surface area contributed by atoms with Gasteiger partial charge in [0.25, 0.3) is 0 Å². The first-order valence-corrected chi connectivity index (χ1v) is 9.83. The summed E-state index contributed by atoms with van der Waals surface area (Å²) >= 11 is 13.6. The molecule has 19 heavy (non-hydrogen) atoms. The monoisotopic (exact) mass is 339 g/mol. The number of nitrogens with zero attached hydrogens (tertiary/aromatic N) is 1. The Bertz CT molecular complexity index is 563. The molecule has 1 aromatic rings. The standard InChI is InChI=1S/C12H15Cl2NO2S2/c1-19(16,17)12-8-18-5-4-15(12)11-3-2-10(14)6-9(11)7-13/h2-3,6,12H,4-5,7-8H2,1H3. The average molecular weight is 340 g/mol. The summed E-state index contributed by atoms with van der Waals surface area (Å²) in [7, 11) is -3.13. The molecular formula is C12H15Cl2NO2S2. The third kappa shape index (κ3) is 3.51. The van der Waals surface area contributed by atoms with Crippen LogP contribution in [0, 0.1) is 0 Å².